The molecule has 0 amide bonds. The Kier molecular flexibility index (Phi) is 4.20. The molecule has 1 heterocycles. The SMILES string of the molecule is Cc1nnc(NCCN(C)C)c(C#N)c1C. The molecule has 0 unspecified atom stereocenters. The van der Waals surface area contributed by atoms with Gasteiger partial charge in [0.2, 0.25) is 0 Å². The number of anilines is 1. The first-order valence-electron chi connectivity index (χ1n) is 5.19. The number of nitrogens with one attached hydrogen (secondary N) is 1. The summed E-state index contributed by atoms with van der Waals surface area (Å²) in [6.07, 6.45) is 0. The molecule has 0 bridgehead atoms. The fraction of sp³-hybridized carbons (Fsp3) is 0.545. The van der Waals surface area contributed by atoms with Crippen molar-refractivity contribution in [2.45, 2.75) is 13.8 Å². The molecule has 0 saturated carbocycles. The molecular formula is C11H17N5. The standard InChI is InChI=1S/C11H17N5/c1-8-9(2)14-15-11(10(8)7-12)13-5-6-16(3)4/h5-6H2,1-4H3,(H,13,15). The van der Waals surface area contributed by atoms with Gasteiger partial charge < -0.3 is 10.2 Å². The second kappa shape index (κ2) is 5.42. The highest BCUT2D eigenvalue weighted by Gasteiger charge is 2.09. The van der Waals surface area contributed by atoms with Gasteiger partial charge >= 0.3 is 0 Å². The zero-order valence-corrected chi connectivity index (χ0v) is 10.2. The van der Waals surface area contributed by atoms with Gasteiger partial charge in [0.1, 0.15) is 11.6 Å². The molecular weight excluding hydrogens is 202 g/mol. The average Bonchev–Trinajstić information content (AvgIpc) is 2.23. The summed E-state index contributed by atoms with van der Waals surface area (Å²) >= 11 is 0. The molecule has 1 N–H and O–H groups in total. The summed E-state index contributed by atoms with van der Waals surface area (Å²) in [5.41, 5.74) is 2.28. The number of aryl methyl sites for hydroxylation is 1. The van der Waals surface area contributed by atoms with Crippen LogP contribution in [0.5, 0.6) is 0 Å². The van der Waals surface area contributed by atoms with Crippen LogP contribution in [0, 0.1) is 25.2 Å². The van der Waals surface area contributed by atoms with Crippen LogP contribution < -0.4 is 5.32 Å². The van der Waals surface area contributed by atoms with E-state index >= 15 is 0 Å². The molecule has 16 heavy (non-hydrogen) atoms. The number of nitrogens with zero attached hydrogens (tertiary/aromatic N) is 4. The zero-order chi connectivity index (χ0) is 12.1. The van der Waals surface area contributed by atoms with Crippen molar-refractivity contribution >= 4 is 5.82 Å². The van der Waals surface area contributed by atoms with E-state index in [9.17, 15) is 0 Å². The largest absolute Gasteiger partial charge is 0.366 e. The molecule has 1 aromatic heterocycles. The van der Waals surface area contributed by atoms with E-state index in [1.165, 1.54) is 0 Å². The van der Waals surface area contributed by atoms with Gasteiger partial charge in [-0.05, 0) is 33.5 Å². The molecule has 0 fully saturated rings. The number of likely N-dealkylation sites (N-methyl/N-ethyl adjacent to an activating group) is 1. The summed E-state index contributed by atoms with van der Waals surface area (Å²) in [7, 11) is 4.00. The highest BCUT2D eigenvalue weighted by Crippen LogP contribution is 2.16. The third-order valence-corrected chi connectivity index (χ3v) is 2.42. The second-order valence-corrected chi connectivity index (χ2v) is 3.98. The number of hydrogen-bond acceptors (Lipinski definition) is 5. The van der Waals surface area contributed by atoms with Crippen molar-refractivity contribution < 1.29 is 0 Å². The molecule has 0 aromatic carbocycles. The van der Waals surface area contributed by atoms with E-state index in [-0.39, 0.29) is 0 Å². The van der Waals surface area contributed by atoms with Gasteiger partial charge in [-0.3, -0.25) is 0 Å². The molecule has 0 spiro atoms. The van der Waals surface area contributed by atoms with Gasteiger partial charge in [0.15, 0.2) is 5.82 Å². The maximum absolute atomic E-state index is 9.06. The molecule has 5 nitrogen and oxygen atoms in total. The molecule has 0 aliphatic rings. The van der Waals surface area contributed by atoms with Crippen LogP contribution in [0.2, 0.25) is 0 Å². The minimum Gasteiger partial charge on any atom is -0.366 e. The van der Waals surface area contributed by atoms with E-state index in [4.69, 9.17) is 5.26 Å². The zero-order valence-electron chi connectivity index (χ0n) is 10.2. The third-order valence-electron chi connectivity index (χ3n) is 2.42. The maximum Gasteiger partial charge on any atom is 0.166 e. The Bertz CT molecular complexity index is 406. The Hall–Kier alpha value is -1.67. The summed E-state index contributed by atoms with van der Waals surface area (Å²) < 4.78 is 0. The Balaban J connectivity index is 2.81. The van der Waals surface area contributed by atoms with Crippen molar-refractivity contribution in [1.82, 2.24) is 15.1 Å². The number of hydrogen-bond donors (Lipinski definition) is 1. The fourth-order valence-electron chi connectivity index (χ4n) is 1.27. The first-order valence-corrected chi connectivity index (χ1v) is 5.19. The predicted molar refractivity (Wildman–Crippen MR) is 63.3 cm³/mol. The molecule has 0 aliphatic carbocycles. The average molecular weight is 219 g/mol. The maximum atomic E-state index is 9.06. The van der Waals surface area contributed by atoms with Crippen molar-refractivity contribution in [1.29, 1.82) is 5.26 Å². The van der Waals surface area contributed by atoms with E-state index in [0.29, 0.717) is 11.4 Å². The van der Waals surface area contributed by atoms with Crippen molar-refractivity contribution in [3.63, 3.8) is 0 Å². The molecule has 1 rings (SSSR count). The summed E-state index contributed by atoms with van der Waals surface area (Å²) in [4.78, 5) is 2.06. The van der Waals surface area contributed by atoms with E-state index in [0.717, 1.165) is 24.3 Å². The quantitative estimate of drug-likeness (QED) is 0.816. The third kappa shape index (κ3) is 2.91. The van der Waals surface area contributed by atoms with Crippen molar-refractivity contribution in [2.24, 2.45) is 0 Å². The van der Waals surface area contributed by atoms with Crippen LogP contribution in [-0.2, 0) is 0 Å². The van der Waals surface area contributed by atoms with Crippen molar-refractivity contribution in [2.75, 3.05) is 32.5 Å². The lowest BCUT2D eigenvalue weighted by Gasteiger charge is -2.12. The molecule has 0 aliphatic heterocycles. The van der Waals surface area contributed by atoms with E-state index in [2.05, 4.69) is 26.5 Å². The second-order valence-electron chi connectivity index (χ2n) is 3.98. The summed E-state index contributed by atoms with van der Waals surface area (Å²) in [5.74, 6) is 0.576. The summed E-state index contributed by atoms with van der Waals surface area (Å²) in [6.45, 7) is 5.38. The lowest BCUT2D eigenvalue weighted by Crippen LogP contribution is -2.21. The fourth-order valence-corrected chi connectivity index (χ4v) is 1.27. The summed E-state index contributed by atoms with van der Waals surface area (Å²) in [6, 6.07) is 2.16. The van der Waals surface area contributed by atoms with Gasteiger partial charge in [0.25, 0.3) is 0 Å². The van der Waals surface area contributed by atoms with Crippen LogP contribution in [0.1, 0.15) is 16.8 Å². The van der Waals surface area contributed by atoms with Gasteiger partial charge in [0, 0.05) is 13.1 Å². The minimum atomic E-state index is 0.576. The minimum absolute atomic E-state index is 0.576. The van der Waals surface area contributed by atoms with Gasteiger partial charge in [-0.15, -0.1) is 5.10 Å². The normalized spacial score (nSPS) is 10.2. The lowest BCUT2D eigenvalue weighted by atomic mass is 10.1. The Labute approximate surface area is 96.1 Å². The smallest absolute Gasteiger partial charge is 0.166 e. The number of nitriles is 1. The topological polar surface area (TPSA) is 64.8 Å². The number of rotatable bonds is 4. The van der Waals surface area contributed by atoms with Gasteiger partial charge in [-0.25, -0.2) is 0 Å². The Morgan fingerprint density at radius 2 is 2.00 bits per heavy atom. The highest BCUT2D eigenvalue weighted by molar-refractivity contribution is 5.55. The van der Waals surface area contributed by atoms with E-state index < -0.39 is 0 Å². The lowest BCUT2D eigenvalue weighted by molar-refractivity contribution is 0.425. The first kappa shape index (κ1) is 12.4. The Morgan fingerprint density at radius 3 is 2.56 bits per heavy atom. The van der Waals surface area contributed by atoms with Gasteiger partial charge in [0.05, 0.1) is 5.69 Å². The molecule has 1 aromatic rings. The molecule has 5 heteroatoms. The summed E-state index contributed by atoms with van der Waals surface area (Å²) in [5, 5.41) is 20.2. The molecule has 86 valence electrons. The van der Waals surface area contributed by atoms with Gasteiger partial charge in [-0.1, -0.05) is 0 Å². The molecule has 0 radical (unpaired) electrons. The van der Waals surface area contributed by atoms with E-state index in [1.54, 1.807) is 0 Å². The van der Waals surface area contributed by atoms with E-state index in [1.807, 2.05) is 27.9 Å². The van der Waals surface area contributed by atoms with Crippen LogP contribution in [0.4, 0.5) is 5.82 Å². The Morgan fingerprint density at radius 1 is 1.31 bits per heavy atom. The van der Waals surface area contributed by atoms with Crippen LogP contribution in [0.3, 0.4) is 0 Å². The highest BCUT2D eigenvalue weighted by atomic mass is 15.2. The van der Waals surface area contributed by atoms with Crippen LogP contribution in [0.25, 0.3) is 0 Å². The monoisotopic (exact) mass is 219 g/mol. The van der Waals surface area contributed by atoms with Crippen LogP contribution in [-0.4, -0.2) is 42.3 Å². The first-order chi connectivity index (χ1) is 7.56. The molecule has 0 saturated heterocycles. The van der Waals surface area contributed by atoms with Crippen LogP contribution >= 0.6 is 0 Å². The van der Waals surface area contributed by atoms with Gasteiger partial charge in [-0.2, -0.15) is 10.4 Å². The predicted octanol–water partition coefficient (Wildman–Crippen LogP) is 0.939. The van der Waals surface area contributed by atoms with Crippen molar-refractivity contribution in [3.05, 3.63) is 16.8 Å². The van der Waals surface area contributed by atoms with Crippen LogP contribution in [0.15, 0.2) is 0 Å². The number of aromatic nitrogens is 2. The van der Waals surface area contributed by atoms with Crippen molar-refractivity contribution in [3.8, 4) is 6.07 Å². The molecule has 0 atom stereocenters.